The molecule has 2 atom stereocenters. The van der Waals surface area contributed by atoms with Crippen LogP contribution < -0.4 is 0 Å². The first kappa shape index (κ1) is 11.2. The summed E-state index contributed by atoms with van der Waals surface area (Å²) >= 11 is 14.7. The van der Waals surface area contributed by atoms with Gasteiger partial charge in [-0.2, -0.15) is 0 Å². The standard InChI is InChI=1S/C5H12ClOPS2/c1-3-5(2)7-8(9,10)4-6/h5H,3-4H2,1-2H3,(H,9,10). The molecule has 0 rings (SSSR count). The van der Waals surface area contributed by atoms with Crippen molar-refractivity contribution in [3.63, 3.8) is 0 Å². The summed E-state index contributed by atoms with van der Waals surface area (Å²) < 4.78 is 5.39. The minimum Gasteiger partial charge on any atom is -0.338 e. The Kier molecular flexibility index (Phi) is 5.62. The normalized spacial score (nSPS) is 20.0. The molecule has 0 amide bonds. The fourth-order valence-electron chi connectivity index (χ4n) is 0.384. The van der Waals surface area contributed by atoms with Crippen LogP contribution in [0.5, 0.6) is 0 Å². The van der Waals surface area contributed by atoms with Gasteiger partial charge in [0.25, 0.3) is 0 Å². The molecule has 0 aliphatic carbocycles. The van der Waals surface area contributed by atoms with Crippen LogP contribution in [0.25, 0.3) is 0 Å². The van der Waals surface area contributed by atoms with E-state index in [9.17, 15) is 0 Å². The van der Waals surface area contributed by atoms with Crippen molar-refractivity contribution >= 4 is 41.1 Å². The van der Waals surface area contributed by atoms with Crippen molar-refractivity contribution in [3.8, 4) is 0 Å². The van der Waals surface area contributed by atoms with Crippen LogP contribution in [0.1, 0.15) is 20.3 Å². The third-order valence-electron chi connectivity index (χ3n) is 1.07. The van der Waals surface area contributed by atoms with Gasteiger partial charge in [0.1, 0.15) is 5.47 Å². The Morgan fingerprint density at radius 3 is 2.60 bits per heavy atom. The lowest BCUT2D eigenvalue weighted by Crippen LogP contribution is -2.02. The van der Waals surface area contributed by atoms with Crippen LogP contribution in [0.2, 0.25) is 0 Å². The third kappa shape index (κ3) is 4.97. The monoisotopic (exact) mass is 218 g/mol. The lowest BCUT2D eigenvalue weighted by molar-refractivity contribution is 0.248. The molecule has 0 aliphatic heterocycles. The molecule has 62 valence electrons. The Morgan fingerprint density at radius 2 is 2.30 bits per heavy atom. The van der Waals surface area contributed by atoms with Crippen LogP contribution in [0.4, 0.5) is 0 Å². The molecule has 0 aliphatic rings. The first-order valence-electron chi connectivity index (χ1n) is 3.08. The molecule has 0 aromatic rings. The predicted octanol–water partition coefficient (Wildman–Crippen LogP) is 3.24. The average Bonchev–Trinajstić information content (AvgIpc) is 1.87. The van der Waals surface area contributed by atoms with Crippen molar-refractivity contribution in [1.82, 2.24) is 0 Å². The van der Waals surface area contributed by atoms with E-state index in [-0.39, 0.29) is 6.10 Å². The number of halogens is 1. The van der Waals surface area contributed by atoms with Gasteiger partial charge in [0.15, 0.2) is 0 Å². The molecule has 1 nitrogen and oxygen atoms in total. The Bertz CT molecular complexity index is 142. The van der Waals surface area contributed by atoms with Gasteiger partial charge in [-0.05, 0) is 13.3 Å². The fraction of sp³-hybridized carbons (Fsp3) is 1.00. The minimum atomic E-state index is -1.95. The molecule has 5 heteroatoms. The zero-order valence-electron chi connectivity index (χ0n) is 6.08. The molecule has 0 spiro atoms. The van der Waals surface area contributed by atoms with Crippen LogP contribution in [-0.4, -0.2) is 11.7 Å². The van der Waals surface area contributed by atoms with Crippen molar-refractivity contribution in [2.45, 2.75) is 26.4 Å². The van der Waals surface area contributed by atoms with Crippen LogP contribution in [0.15, 0.2) is 0 Å². The van der Waals surface area contributed by atoms with E-state index in [1.165, 1.54) is 0 Å². The SMILES string of the molecule is CCC(C)OP(=S)(S)CCl. The van der Waals surface area contributed by atoms with Crippen LogP contribution in [0.3, 0.4) is 0 Å². The minimum absolute atomic E-state index is 0.182. The second kappa shape index (κ2) is 5.00. The lowest BCUT2D eigenvalue weighted by Gasteiger charge is -2.17. The number of rotatable bonds is 4. The highest BCUT2D eigenvalue weighted by atomic mass is 35.5. The van der Waals surface area contributed by atoms with Crippen molar-refractivity contribution in [2.24, 2.45) is 0 Å². The average molecular weight is 219 g/mol. The van der Waals surface area contributed by atoms with Gasteiger partial charge in [0, 0.05) is 0 Å². The summed E-state index contributed by atoms with van der Waals surface area (Å²) in [5.41, 5.74) is -1.61. The van der Waals surface area contributed by atoms with Crippen LogP contribution >= 0.6 is 29.3 Å². The maximum absolute atomic E-state index is 5.54. The number of thiol groups is 1. The predicted molar refractivity (Wildman–Crippen MR) is 54.8 cm³/mol. The van der Waals surface area contributed by atoms with Crippen molar-refractivity contribution in [2.75, 3.05) is 5.62 Å². The molecular weight excluding hydrogens is 207 g/mol. The van der Waals surface area contributed by atoms with E-state index < -0.39 is 5.47 Å². The van der Waals surface area contributed by atoms with Crippen molar-refractivity contribution < 1.29 is 4.52 Å². The van der Waals surface area contributed by atoms with Crippen LogP contribution in [-0.2, 0) is 16.3 Å². The van der Waals surface area contributed by atoms with Gasteiger partial charge in [0.05, 0.1) is 11.7 Å². The maximum Gasteiger partial charge on any atom is 0.131 e. The molecule has 0 radical (unpaired) electrons. The summed E-state index contributed by atoms with van der Waals surface area (Å²) in [4.78, 5) is 0. The van der Waals surface area contributed by atoms with E-state index in [4.69, 9.17) is 27.9 Å². The van der Waals surface area contributed by atoms with Crippen LogP contribution in [0, 0.1) is 0 Å². The molecule has 0 aromatic carbocycles. The summed E-state index contributed by atoms with van der Waals surface area (Å²) in [7, 11) is 0. The van der Waals surface area contributed by atoms with Crippen molar-refractivity contribution in [3.05, 3.63) is 0 Å². The van der Waals surface area contributed by atoms with E-state index in [1.54, 1.807) is 0 Å². The second-order valence-corrected chi connectivity index (χ2v) is 9.04. The first-order chi connectivity index (χ1) is 4.52. The maximum atomic E-state index is 5.54. The van der Waals surface area contributed by atoms with Gasteiger partial charge in [-0.25, -0.2) is 0 Å². The molecule has 0 fully saturated rings. The molecule has 10 heavy (non-hydrogen) atoms. The van der Waals surface area contributed by atoms with E-state index in [2.05, 4.69) is 12.2 Å². The van der Waals surface area contributed by atoms with E-state index in [0.717, 1.165) is 6.42 Å². The smallest absolute Gasteiger partial charge is 0.131 e. The molecule has 2 unspecified atom stereocenters. The quantitative estimate of drug-likeness (QED) is 0.441. The van der Waals surface area contributed by atoms with Gasteiger partial charge >= 0.3 is 0 Å². The number of hydrogen-bond donors (Lipinski definition) is 1. The summed E-state index contributed by atoms with van der Waals surface area (Å²) in [6.45, 7) is 4.02. The lowest BCUT2D eigenvalue weighted by atomic mass is 10.3. The topological polar surface area (TPSA) is 9.23 Å². The molecule has 0 heterocycles. The fourth-order valence-corrected chi connectivity index (χ4v) is 2.24. The molecule has 0 aromatic heterocycles. The Hall–Kier alpha value is 1.25. The van der Waals surface area contributed by atoms with E-state index >= 15 is 0 Å². The molecule has 0 saturated heterocycles. The summed E-state index contributed by atoms with van der Waals surface area (Å²) in [5.74, 6) is 0. The Balaban J connectivity index is 3.77. The van der Waals surface area contributed by atoms with Gasteiger partial charge in [-0.3, -0.25) is 0 Å². The molecule has 0 saturated carbocycles. The van der Waals surface area contributed by atoms with E-state index in [1.807, 2.05) is 13.8 Å². The summed E-state index contributed by atoms with van der Waals surface area (Å²) in [6.07, 6.45) is 1.14. The van der Waals surface area contributed by atoms with Gasteiger partial charge in [-0.1, -0.05) is 18.7 Å². The van der Waals surface area contributed by atoms with Crippen molar-refractivity contribution in [1.29, 1.82) is 0 Å². The van der Waals surface area contributed by atoms with Gasteiger partial charge < -0.3 is 4.52 Å². The highest BCUT2D eigenvalue weighted by molar-refractivity contribution is 8.62. The molecule has 0 bridgehead atoms. The highest BCUT2D eigenvalue weighted by Gasteiger charge is 2.13. The van der Waals surface area contributed by atoms with Gasteiger partial charge in [-0.15, -0.1) is 23.8 Å². The second-order valence-electron chi connectivity index (χ2n) is 2.08. The third-order valence-corrected chi connectivity index (χ3v) is 5.35. The first-order valence-corrected chi connectivity index (χ1v) is 7.67. The largest absolute Gasteiger partial charge is 0.338 e. The zero-order valence-corrected chi connectivity index (χ0v) is 9.44. The zero-order chi connectivity index (χ0) is 8.20. The molecule has 0 N–H and O–H groups in total. The Labute approximate surface area is 77.7 Å². The van der Waals surface area contributed by atoms with Gasteiger partial charge in [0.2, 0.25) is 0 Å². The van der Waals surface area contributed by atoms with E-state index in [0.29, 0.717) is 5.62 Å². The number of hydrogen-bond acceptors (Lipinski definition) is 2. The highest BCUT2D eigenvalue weighted by Crippen LogP contribution is 2.54. The molecular formula is C5H12ClOPS2. The summed E-state index contributed by atoms with van der Waals surface area (Å²) in [5, 5.41) is 0. The Morgan fingerprint density at radius 1 is 1.80 bits per heavy atom. The number of alkyl halides is 1. The summed E-state index contributed by atoms with van der Waals surface area (Å²) in [6, 6.07) is 0.